The number of carbonyl (C=O) groups excluding carboxylic acids is 2. The van der Waals surface area contributed by atoms with Crippen LogP contribution in [0.4, 0.5) is 32.4 Å². The first-order valence-electron chi connectivity index (χ1n) is 11.0. The number of aromatic amines is 1. The maximum Gasteiger partial charge on any atom is 0.412 e. The van der Waals surface area contributed by atoms with Gasteiger partial charge in [-0.3, -0.25) is 10.1 Å². The van der Waals surface area contributed by atoms with Crippen LogP contribution in [0.2, 0.25) is 5.02 Å². The van der Waals surface area contributed by atoms with Gasteiger partial charge in [-0.15, -0.1) is 0 Å². The minimum Gasteiger partial charge on any atom is -0.441 e. The number of imidazole rings is 1. The van der Waals surface area contributed by atoms with Crippen LogP contribution in [-0.4, -0.2) is 46.6 Å². The molecule has 1 aromatic heterocycles. The van der Waals surface area contributed by atoms with Crippen molar-refractivity contribution >= 4 is 29.3 Å². The zero-order valence-electron chi connectivity index (χ0n) is 19.2. The standard InChI is InChI=1S/C24H20ClF5N4O3/c1-34(10-2-3-17-18-15(33-23(36)37-17)9-8-14(25)20(18)27)22(35)16-11-31-21(32-16)19(24(28,29)30)12-4-6-13(26)7-5-12/h4-9,11,17,19H,2-3,10H2,1H3,(H,31,32)(H,33,36). The summed E-state index contributed by atoms with van der Waals surface area (Å²) in [5.74, 6) is -4.73. The van der Waals surface area contributed by atoms with Crippen molar-refractivity contribution in [3.05, 3.63) is 81.9 Å². The monoisotopic (exact) mass is 542 g/mol. The number of halogens is 6. The van der Waals surface area contributed by atoms with Crippen LogP contribution in [0.3, 0.4) is 0 Å². The predicted octanol–water partition coefficient (Wildman–Crippen LogP) is 6.19. The number of fused-ring (bicyclic) bond motifs is 1. The molecule has 0 fully saturated rings. The number of carbonyl (C=O) groups is 2. The maximum absolute atomic E-state index is 14.6. The van der Waals surface area contributed by atoms with E-state index in [9.17, 15) is 31.5 Å². The molecule has 0 saturated heterocycles. The quantitative estimate of drug-likeness (QED) is 0.348. The van der Waals surface area contributed by atoms with Gasteiger partial charge in [0.1, 0.15) is 29.4 Å². The molecule has 0 aliphatic carbocycles. The second-order valence-corrected chi connectivity index (χ2v) is 8.83. The summed E-state index contributed by atoms with van der Waals surface area (Å²) in [7, 11) is 1.43. The van der Waals surface area contributed by atoms with Crippen molar-refractivity contribution in [2.45, 2.75) is 31.0 Å². The van der Waals surface area contributed by atoms with Crippen LogP contribution in [0.5, 0.6) is 0 Å². The topological polar surface area (TPSA) is 87.3 Å². The summed E-state index contributed by atoms with van der Waals surface area (Å²) >= 11 is 5.85. The van der Waals surface area contributed by atoms with Crippen LogP contribution >= 0.6 is 11.6 Å². The Morgan fingerprint density at radius 1 is 1.19 bits per heavy atom. The average molecular weight is 543 g/mol. The SMILES string of the molecule is CN(CCCC1OC(=O)Nc2ccc(Cl)c(F)c21)C(=O)c1cnc(C(c2ccc(F)cc2)C(F)(F)F)[nH]1. The highest BCUT2D eigenvalue weighted by atomic mass is 35.5. The van der Waals surface area contributed by atoms with E-state index >= 15 is 0 Å². The Hall–Kier alpha value is -3.67. The van der Waals surface area contributed by atoms with E-state index in [0.29, 0.717) is 0 Å². The van der Waals surface area contributed by atoms with E-state index in [4.69, 9.17) is 16.3 Å². The normalized spacial score (nSPS) is 16.0. The van der Waals surface area contributed by atoms with E-state index in [1.165, 1.54) is 24.1 Å². The molecule has 0 bridgehead atoms. The van der Waals surface area contributed by atoms with Gasteiger partial charge in [-0.25, -0.2) is 18.6 Å². The van der Waals surface area contributed by atoms with E-state index in [1.807, 2.05) is 0 Å². The molecule has 37 heavy (non-hydrogen) atoms. The fourth-order valence-corrected chi connectivity index (χ4v) is 4.26. The van der Waals surface area contributed by atoms with E-state index in [2.05, 4.69) is 15.3 Å². The molecule has 4 rings (SSSR count). The van der Waals surface area contributed by atoms with Crippen molar-refractivity contribution in [2.75, 3.05) is 18.9 Å². The van der Waals surface area contributed by atoms with Gasteiger partial charge in [-0.05, 0) is 42.7 Å². The molecule has 2 unspecified atom stereocenters. The number of ether oxygens (including phenoxy) is 1. The Balaban J connectivity index is 1.43. The van der Waals surface area contributed by atoms with Gasteiger partial charge in [-0.2, -0.15) is 13.2 Å². The third kappa shape index (κ3) is 5.68. The molecule has 1 aliphatic rings. The average Bonchev–Trinajstić information content (AvgIpc) is 3.30. The molecule has 2 N–H and O–H groups in total. The minimum absolute atomic E-state index is 0.0956. The van der Waals surface area contributed by atoms with Crippen LogP contribution in [0, 0.1) is 11.6 Å². The number of aromatic nitrogens is 2. The Morgan fingerprint density at radius 2 is 1.89 bits per heavy atom. The number of benzene rings is 2. The van der Waals surface area contributed by atoms with Gasteiger partial charge < -0.3 is 14.6 Å². The summed E-state index contributed by atoms with van der Waals surface area (Å²) in [5.41, 5.74) is -0.0821. The van der Waals surface area contributed by atoms with E-state index in [0.717, 1.165) is 30.5 Å². The first-order valence-corrected chi connectivity index (χ1v) is 11.4. The number of cyclic esters (lactones) is 1. The summed E-state index contributed by atoms with van der Waals surface area (Å²) in [6, 6.07) is 6.60. The number of anilines is 1. The molecule has 13 heteroatoms. The number of nitrogens with one attached hydrogen (secondary N) is 2. The molecule has 7 nitrogen and oxygen atoms in total. The smallest absolute Gasteiger partial charge is 0.412 e. The summed E-state index contributed by atoms with van der Waals surface area (Å²) in [5, 5.41) is 2.26. The third-order valence-corrected chi connectivity index (χ3v) is 6.17. The molecule has 2 amide bonds. The lowest BCUT2D eigenvalue weighted by Gasteiger charge is -2.27. The number of hydrogen-bond acceptors (Lipinski definition) is 4. The number of amides is 2. The van der Waals surface area contributed by atoms with Gasteiger partial charge in [0, 0.05) is 13.6 Å². The summed E-state index contributed by atoms with van der Waals surface area (Å²) < 4.78 is 74.2. The molecule has 2 atom stereocenters. The molecule has 196 valence electrons. The largest absolute Gasteiger partial charge is 0.441 e. The van der Waals surface area contributed by atoms with Crippen molar-refractivity contribution in [2.24, 2.45) is 0 Å². The predicted molar refractivity (Wildman–Crippen MR) is 123 cm³/mol. The number of rotatable bonds is 7. The minimum atomic E-state index is -4.75. The highest BCUT2D eigenvalue weighted by Crippen LogP contribution is 2.39. The molecular weight excluding hydrogens is 523 g/mol. The second kappa shape index (κ2) is 10.4. The van der Waals surface area contributed by atoms with E-state index in [1.54, 1.807) is 0 Å². The maximum atomic E-state index is 14.6. The lowest BCUT2D eigenvalue weighted by atomic mass is 9.98. The van der Waals surface area contributed by atoms with Gasteiger partial charge in [-0.1, -0.05) is 23.7 Å². The van der Waals surface area contributed by atoms with E-state index < -0.39 is 47.7 Å². The van der Waals surface area contributed by atoms with Gasteiger partial charge in [0.15, 0.2) is 5.82 Å². The third-order valence-electron chi connectivity index (χ3n) is 5.88. The molecule has 2 aromatic carbocycles. The molecule has 0 radical (unpaired) electrons. The van der Waals surface area contributed by atoms with Crippen LogP contribution in [0.1, 0.15) is 52.3 Å². The number of alkyl halides is 3. The summed E-state index contributed by atoms with van der Waals surface area (Å²) in [4.78, 5) is 32.0. The molecule has 1 aliphatic heterocycles. The van der Waals surface area contributed by atoms with Gasteiger partial charge in [0.25, 0.3) is 5.91 Å². The van der Waals surface area contributed by atoms with Crippen molar-refractivity contribution in [1.29, 1.82) is 0 Å². The van der Waals surface area contributed by atoms with E-state index in [-0.39, 0.29) is 46.9 Å². The first kappa shape index (κ1) is 26.4. The van der Waals surface area contributed by atoms with Gasteiger partial charge in [0.05, 0.1) is 22.5 Å². The Bertz CT molecular complexity index is 1310. The van der Waals surface area contributed by atoms with Gasteiger partial charge >= 0.3 is 12.3 Å². The summed E-state index contributed by atoms with van der Waals surface area (Å²) in [6.45, 7) is 0.118. The van der Waals surface area contributed by atoms with Crippen molar-refractivity contribution < 1.29 is 36.3 Å². The Labute approximate surface area is 212 Å². The van der Waals surface area contributed by atoms with Crippen molar-refractivity contribution in [1.82, 2.24) is 14.9 Å². The Morgan fingerprint density at radius 3 is 2.57 bits per heavy atom. The van der Waals surface area contributed by atoms with Crippen molar-refractivity contribution in [3.8, 4) is 0 Å². The molecule has 2 heterocycles. The van der Waals surface area contributed by atoms with Crippen LogP contribution in [0.25, 0.3) is 0 Å². The number of nitrogens with zero attached hydrogens (tertiary/aromatic N) is 2. The van der Waals surface area contributed by atoms with Crippen LogP contribution < -0.4 is 5.32 Å². The lowest BCUT2D eigenvalue weighted by molar-refractivity contribution is -0.142. The summed E-state index contributed by atoms with van der Waals surface area (Å²) in [6.07, 6.45) is -5.01. The molecule has 0 saturated carbocycles. The zero-order valence-corrected chi connectivity index (χ0v) is 20.0. The molecule has 3 aromatic rings. The van der Waals surface area contributed by atoms with Crippen molar-refractivity contribution in [3.63, 3.8) is 0 Å². The van der Waals surface area contributed by atoms with Gasteiger partial charge in [0.2, 0.25) is 0 Å². The first-order chi connectivity index (χ1) is 17.5. The second-order valence-electron chi connectivity index (χ2n) is 8.42. The fourth-order valence-electron chi connectivity index (χ4n) is 4.09. The lowest BCUT2D eigenvalue weighted by Crippen LogP contribution is -2.30. The van der Waals surface area contributed by atoms with Crippen LogP contribution in [-0.2, 0) is 4.74 Å². The number of hydrogen-bond donors (Lipinski definition) is 2. The fraction of sp³-hybridized carbons (Fsp3) is 0.292. The Kier molecular flexibility index (Phi) is 7.39. The number of H-pyrrole nitrogens is 1. The van der Waals surface area contributed by atoms with Crippen LogP contribution in [0.15, 0.2) is 42.6 Å². The highest BCUT2D eigenvalue weighted by Gasteiger charge is 2.44. The molecular formula is C24H20ClF5N4O3. The highest BCUT2D eigenvalue weighted by molar-refractivity contribution is 6.31. The zero-order chi connectivity index (χ0) is 26.9. The molecule has 0 spiro atoms.